The predicted molar refractivity (Wildman–Crippen MR) is 100 cm³/mol. The van der Waals surface area contributed by atoms with Gasteiger partial charge >= 0.3 is 6.18 Å². The predicted octanol–water partition coefficient (Wildman–Crippen LogP) is 4.44. The smallest absolute Gasteiger partial charge is 0.384 e. The topological polar surface area (TPSA) is 81.1 Å². The quantitative estimate of drug-likeness (QED) is 0.546. The first-order valence-corrected chi connectivity index (χ1v) is 8.34. The lowest BCUT2D eigenvalue weighted by Gasteiger charge is -2.10. The van der Waals surface area contributed by atoms with Gasteiger partial charge < -0.3 is 11.1 Å². The van der Waals surface area contributed by atoms with Gasteiger partial charge in [0.1, 0.15) is 5.82 Å². The van der Waals surface area contributed by atoms with Crippen LogP contribution in [0, 0.1) is 6.92 Å². The molecule has 0 aliphatic carbocycles. The molecule has 0 spiro atoms. The van der Waals surface area contributed by atoms with Crippen LogP contribution in [0.15, 0.2) is 54.7 Å². The molecule has 0 fully saturated rings. The average molecular weight is 384 g/mol. The molecule has 0 aliphatic heterocycles. The molecule has 3 heterocycles. The Balaban J connectivity index is 1.71. The zero-order valence-corrected chi connectivity index (χ0v) is 14.7. The molecule has 0 unspecified atom stereocenters. The molecule has 0 saturated carbocycles. The number of halogens is 3. The Morgan fingerprint density at radius 3 is 2.50 bits per heavy atom. The van der Waals surface area contributed by atoms with Crippen molar-refractivity contribution in [3.05, 3.63) is 66.0 Å². The molecule has 28 heavy (non-hydrogen) atoms. The van der Waals surface area contributed by atoms with Crippen molar-refractivity contribution in [2.45, 2.75) is 13.1 Å². The molecule has 6 nitrogen and oxygen atoms in total. The van der Waals surface area contributed by atoms with Gasteiger partial charge in [-0.2, -0.15) is 23.3 Å². The Morgan fingerprint density at radius 1 is 1.04 bits per heavy atom. The third-order valence-electron chi connectivity index (χ3n) is 4.19. The zero-order chi connectivity index (χ0) is 19.9. The summed E-state index contributed by atoms with van der Waals surface area (Å²) in [4.78, 5) is 8.60. The summed E-state index contributed by atoms with van der Waals surface area (Å²) < 4.78 is 39.9. The van der Waals surface area contributed by atoms with Gasteiger partial charge in [0.15, 0.2) is 0 Å². The molecule has 142 valence electrons. The van der Waals surface area contributed by atoms with Crippen LogP contribution in [0.5, 0.6) is 0 Å². The number of rotatable bonds is 3. The van der Waals surface area contributed by atoms with Gasteiger partial charge in [-0.15, -0.1) is 0 Å². The number of nitrogen functional groups attached to an aromatic ring is 1. The van der Waals surface area contributed by atoms with Crippen molar-refractivity contribution in [3.63, 3.8) is 0 Å². The van der Waals surface area contributed by atoms with Crippen molar-refractivity contribution in [3.8, 4) is 11.3 Å². The SMILES string of the molecule is Cc1nn2ccccc2c1-c1cc(N)nc(Nc2ccc(C(F)(F)F)cc2)n1. The second-order valence-electron chi connectivity index (χ2n) is 6.19. The van der Waals surface area contributed by atoms with Gasteiger partial charge in [-0.25, -0.2) is 9.50 Å². The van der Waals surface area contributed by atoms with E-state index in [-0.39, 0.29) is 11.8 Å². The molecule has 3 aromatic heterocycles. The average Bonchev–Trinajstić information content (AvgIpc) is 2.96. The van der Waals surface area contributed by atoms with E-state index in [1.165, 1.54) is 12.1 Å². The molecule has 0 bridgehead atoms. The van der Waals surface area contributed by atoms with Crippen LogP contribution in [0.25, 0.3) is 16.8 Å². The van der Waals surface area contributed by atoms with Gasteiger partial charge in [0.2, 0.25) is 5.95 Å². The summed E-state index contributed by atoms with van der Waals surface area (Å²) in [5.41, 5.74) is 8.63. The van der Waals surface area contributed by atoms with Crippen LogP contribution < -0.4 is 11.1 Å². The van der Waals surface area contributed by atoms with Crippen LogP contribution in [0.4, 0.5) is 30.6 Å². The highest BCUT2D eigenvalue weighted by Gasteiger charge is 2.30. The number of aryl methyl sites for hydroxylation is 1. The van der Waals surface area contributed by atoms with Crippen LogP contribution in [0.3, 0.4) is 0 Å². The maximum atomic E-state index is 12.7. The standard InChI is InChI=1S/C19H15F3N6/c1-11-17(15-4-2-3-9-28(15)27-11)14-10-16(23)26-18(25-14)24-13-7-5-12(6-8-13)19(20,21)22/h2-10H,1H3,(H3,23,24,25,26). The van der Waals surface area contributed by atoms with Crippen molar-refractivity contribution >= 4 is 23.0 Å². The van der Waals surface area contributed by atoms with Gasteiger partial charge in [0, 0.05) is 23.5 Å². The zero-order valence-electron chi connectivity index (χ0n) is 14.7. The Hall–Kier alpha value is -3.62. The van der Waals surface area contributed by atoms with Gasteiger partial charge in [-0.1, -0.05) is 6.07 Å². The summed E-state index contributed by atoms with van der Waals surface area (Å²) in [5, 5.41) is 7.35. The number of alkyl halides is 3. The van der Waals surface area contributed by atoms with Crippen LogP contribution >= 0.6 is 0 Å². The van der Waals surface area contributed by atoms with E-state index in [4.69, 9.17) is 5.73 Å². The van der Waals surface area contributed by atoms with E-state index >= 15 is 0 Å². The summed E-state index contributed by atoms with van der Waals surface area (Å²) in [6.07, 6.45) is -2.56. The third-order valence-corrected chi connectivity index (χ3v) is 4.19. The van der Waals surface area contributed by atoms with Gasteiger partial charge in [-0.05, 0) is 43.3 Å². The molecule has 0 amide bonds. The third kappa shape index (κ3) is 3.34. The fourth-order valence-corrected chi connectivity index (χ4v) is 2.95. The molecule has 0 radical (unpaired) electrons. The summed E-state index contributed by atoms with van der Waals surface area (Å²) >= 11 is 0. The molecule has 3 N–H and O–H groups in total. The highest BCUT2D eigenvalue weighted by atomic mass is 19.4. The lowest BCUT2D eigenvalue weighted by Crippen LogP contribution is -2.05. The van der Waals surface area contributed by atoms with Crippen molar-refractivity contribution in [2.24, 2.45) is 0 Å². The molecular formula is C19H15F3N6. The number of aromatic nitrogens is 4. The molecule has 4 rings (SSSR count). The Morgan fingerprint density at radius 2 is 1.79 bits per heavy atom. The number of nitrogens with one attached hydrogen (secondary N) is 1. The minimum atomic E-state index is -4.39. The van der Waals surface area contributed by atoms with Crippen molar-refractivity contribution in [1.82, 2.24) is 19.6 Å². The summed E-state index contributed by atoms with van der Waals surface area (Å²) in [7, 11) is 0. The van der Waals surface area contributed by atoms with Gasteiger partial charge in [0.05, 0.1) is 22.5 Å². The van der Waals surface area contributed by atoms with E-state index in [2.05, 4.69) is 20.4 Å². The number of pyridine rings is 1. The summed E-state index contributed by atoms with van der Waals surface area (Å²) in [5.74, 6) is 0.415. The monoisotopic (exact) mass is 384 g/mol. The van der Waals surface area contributed by atoms with Crippen LogP contribution in [-0.2, 0) is 6.18 Å². The minimum absolute atomic E-state index is 0.185. The second-order valence-corrected chi connectivity index (χ2v) is 6.19. The van der Waals surface area contributed by atoms with E-state index < -0.39 is 11.7 Å². The van der Waals surface area contributed by atoms with E-state index in [0.29, 0.717) is 11.4 Å². The van der Waals surface area contributed by atoms with Crippen molar-refractivity contribution in [1.29, 1.82) is 0 Å². The highest BCUT2D eigenvalue weighted by Crippen LogP contribution is 2.31. The summed E-state index contributed by atoms with van der Waals surface area (Å²) in [6, 6.07) is 11.9. The fraction of sp³-hybridized carbons (Fsp3) is 0.105. The number of hydrogen-bond acceptors (Lipinski definition) is 5. The molecule has 0 saturated heterocycles. The largest absolute Gasteiger partial charge is 0.416 e. The Labute approximate surface area is 157 Å². The van der Waals surface area contributed by atoms with E-state index in [9.17, 15) is 13.2 Å². The van der Waals surface area contributed by atoms with E-state index in [0.717, 1.165) is 28.9 Å². The molecular weight excluding hydrogens is 369 g/mol. The first kappa shape index (κ1) is 17.8. The maximum Gasteiger partial charge on any atom is 0.416 e. The van der Waals surface area contributed by atoms with E-state index in [1.807, 2.05) is 31.3 Å². The summed E-state index contributed by atoms with van der Waals surface area (Å²) in [6.45, 7) is 1.86. The number of nitrogens with zero attached hydrogens (tertiary/aromatic N) is 4. The van der Waals surface area contributed by atoms with Gasteiger partial charge in [-0.3, -0.25) is 0 Å². The molecule has 0 aliphatic rings. The normalized spacial score (nSPS) is 11.7. The van der Waals surface area contributed by atoms with Gasteiger partial charge in [0.25, 0.3) is 0 Å². The lowest BCUT2D eigenvalue weighted by atomic mass is 10.1. The number of anilines is 3. The number of nitrogens with two attached hydrogens (primary N) is 1. The minimum Gasteiger partial charge on any atom is -0.384 e. The second kappa shape index (κ2) is 6.52. The first-order valence-electron chi connectivity index (χ1n) is 8.34. The maximum absolute atomic E-state index is 12.7. The van der Waals surface area contributed by atoms with E-state index in [1.54, 1.807) is 10.6 Å². The van der Waals surface area contributed by atoms with Crippen LogP contribution in [0.1, 0.15) is 11.3 Å². The van der Waals surface area contributed by atoms with Crippen molar-refractivity contribution in [2.75, 3.05) is 11.1 Å². The number of benzene rings is 1. The fourth-order valence-electron chi connectivity index (χ4n) is 2.95. The van der Waals surface area contributed by atoms with Crippen molar-refractivity contribution < 1.29 is 13.2 Å². The molecule has 0 atom stereocenters. The molecule has 1 aromatic carbocycles. The molecule has 4 aromatic rings. The van der Waals surface area contributed by atoms with Crippen LogP contribution in [-0.4, -0.2) is 19.6 Å². The Bertz CT molecular complexity index is 1150. The first-order chi connectivity index (χ1) is 13.3. The lowest BCUT2D eigenvalue weighted by molar-refractivity contribution is -0.137. The van der Waals surface area contributed by atoms with Crippen LogP contribution in [0.2, 0.25) is 0 Å². The number of hydrogen-bond donors (Lipinski definition) is 2. The number of fused-ring (bicyclic) bond motifs is 1. The Kier molecular flexibility index (Phi) is 4.14. The highest BCUT2D eigenvalue weighted by molar-refractivity contribution is 5.81. The molecule has 9 heteroatoms.